The predicted octanol–water partition coefficient (Wildman–Crippen LogP) is 0.583. The van der Waals surface area contributed by atoms with Gasteiger partial charge in [-0.2, -0.15) is 0 Å². The van der Waals surface area contributed by atoms with Crippen molar-refractivity contribution < 1.29 is 14.3 Å². The van der Waals surface area contributed by atoms with E-state index in [1.807, 2.05) is 0 Å². The molecule has 0 aromatic carbocycles. The Hall–Kier alpha value is 0.0900. The zero-order chi connectivity index (χ0) is 9.80. The van der Waals surface area contributed by atoms with Gasteiger partial charge in [0.2, 0.25) is 0 Å². The number of esters is 1. The third-order valence-corrected chi connectivity index (χ3v) is 4.06. The second-order valence-electron chi connectivity index (χ2n) is 3.15. The summed E-state index contributed by atoms with van der Waals surface area (Å²) in [6, 6.07) is 0. The third kappa shape index (κ3) is 3.34. The van der Waals surface area contributed by atoms with Gasteiger partial charge in [-0.05, 0) is 0 Å². The zero-order valence-corrected chi connectivity index (χ0v) is 9.44. The van der Waals surface area contributed by atoms with Crippen molar-refractivity contribution >= 4 is 27.6 Å². The molecule has 0 amide bonds. The smallest absolute Gasteiger partial charge is 0.331 e. The van der Waals surface area contributed by atoms with Crippen molar-refractivity contribution in [2.24, 2.45) is 0 Å². The van der Waals surface area contributed by atoms with E-state index < -0.39 is 0 Å². The summed E-state index contributed by atoms with van der Waals surface area (Å²) in [6.45, 7) is 4.83. The van der Waals surface area contributed by atoms with Gasteiger partial charge in [0, 0.05) is 19.6 Å². The van der Waals surface area contributed by atoms with Crippen molar-refractivity contribution in [2.75, 3.05) is 39.5 Å². The van der Waals surface area contributed by atoms with Crippen molar-refractivity contribution in [1.82, 2.24) is 4.90 Å². The Morgan fingerprint density at radius 1 is 1.43 bits per heavy atom. The first kappa shape index (κ1) is 10.6. The molecule has 2 fully saturated rings. The molecule has 80 valence electrons. The van der Waals surface area contributed by atoms with Crippen LogP contribution in [0.3, 0.4) is 0 Å². The minimum Gasteiger partial charge on any atom is -0.463 e. The number of carbonyl (C=O) groups is 1. The van der Waals surface area contributed by atoms with Crippen molar-refractivity contribution in [1.29, 1.82) is 0 Å². The Morgan fingerprint density at radius 3 is 2.79 bits per heavy atom. The van der Waals surface area contributed by atoms with Crippen LogP contribution < -0.4 is 0 Å². The molecule has 0 aromatic rings. The highest BCUT2D eigenvalue weighted by Crippen LogP contribution is 2.53. The van der Waals surface area contributed by atoms with Crippen LogP contribution in [0.1, 0.15) is 0 Å². The van der Waals surface area contributed by atoms with Gasteiger partial charge < -0.3 is 9.47 Å². The van der Waals surface area contributed by atoms with E-state index in [0.717, 1.165) is 32.8 Å². The van der Waals surface area contributed by atoms with E-state index in [1.54, 1.807) is 21.6 Å². The molecular weight excluding hydrogens is 222 g/mol. The molecule has 0 radical (unpaired) electrons. The third-order valence-electron chi connectivity index (χ3n) is 2.14. The van der Waals surface area contributed by atoms with E-state index in [1.165, 1.54) is 0 Å². The Labute approximate surface area is 91.1 Å². The van der Waals surface area contributed by atoms with Crippen LogP contribution in [0.4, 0.5) is 0 Å². The summed E-state index contributed by atoms with van der Waals surface area (Å²) in [6.07, 6.45) is 0. The highest BCUT2D eigenvalue weighted by molar-refractivity contribution is 8.93. The first-order chi connectivity index (χ1) is 6.86. The van der Waals surface area contributed by atoms with Crippen molar-refractivity contribution in [3.63, 3.8) is 0 Å². The molecule has 2 rings (SSSR count). The molecule has 6 heteroatoms. The van der Waals surface area contributed by atoms with E-state index in [9.17, 15) is 4.79 Å². The normalized spacial score (nSPS) is 23.4. The summed E-state index contributed by atoms with van der Waals surface area (Å²) in [7, 11) is 3.14. The Balaban J connectivity index is 1.54. The van der Waals surface area contributed by atoms with Crippen LogP contribution in [-0.2, 0) is 14.3 Å². The van der Waals surface area contributed by atoms with Gasteiger partial charge in [-0.15, -0.1) is 0 Å². The maximum atomic E-state index is 11.1. The summed E-state index contributed by atoms with van der Waals surface area (Å²) in [5.74, 6) is -0.0757. The van der Waals surface area contributed by atoms with Gasteiger partial charge in [0.15, 0.2) is 4.58 Å². The lowest BCUT2D eigenvalue weighted by molar-refractivity contribution is -0.141. The van der Waals surface area contributed by atoms with E-state index >= 15 is 0 Å². The molecule has 0 aliphatic carbocycles. The molecular formula is C8H13NO3S2. The monoisotopic (exact) mass is 235 g/mol. The number of carbonyl (C=O) groups excluding carboxylic acids is 1. The first-order valence-electron chi connectivity index (χ1n) is 4.65. The molecule has 0 saturated carbocycles. The second-order valence-corrected chi connectivity index (χ2v) is 5.93. The number of nitrogens with zero attached hydrogens (tertiary/aromatic N) is 1. The molecule has 0 bridgehead atoms. The highest BCUT2D eigenvalue weighted by Gasteiger charge is 2.34. The van der Waals surface area contributed by atoms with Crippen LogP contribution in [0.15, 0.2) is 0 Å². The minimum atomic E-state index is -0.0757. The molecule has 2 heterocycles. The number of morpholine rings is 1. The fourth-order valence-corrected chi connectivity index (χ4v) is 2.26. The predicted molar refractivity (Wildman–Crippen MR) is 57.2 cm³/mol. The second kappa shape index (κ2) is 5.25. The summed E-state index contributed by atoms with van der Waals surface area (Å²) in [4.78, 5) is 13.4. The van der Waals surface area contributed by atoms with Crippen molar-refractivity contribution in [3.05, 3.63) is 0 Å². The summed E-state index contributed by atoms with van der Waals surface area (Å²) in [5.41, 5.74) is 0. The van der Waals surface area contributed by atoms with Crippen LogP contribution in [-0.4, -0.2) is 54.9 Å². The lowest BCUT2D eigenvalue weighted by Crippen LogP contribution is -2.38. The number of hydrogen-bond acceptors (Lipinski definition) is 6. The largest absolute Gasteiger partial charge is 0.463 e. The summed E-state index contributed by atoms with van der Waals surface area (Å²) >= 11 is 0. The van der Waals surface area contributed by atoms with Gasteiger partial charge in [-0.3, -0.25) is 4.90 Å². The van der Waals surface area contributed by atoms with Crippen LogP contribution in [0.25, 0.3) is 0 Å². The van der Waals surface area contributed by atoms with Gasteiger partial charge in [0.1, 0.15) is 6.61 Å². The number of ether oxygens (including phenoxy) is 2. The molecule has 2 saturated heterocycles. The van der Waals surface area contributed by atoms with E-state index in [4.69, 9.17) is 9.47 Å². The van der Waals surface area contributed by atoms with Crippen molar-refractivity contribution in [3.8, 4) is 0 Å². The van der Waals surface area contributed by atoms with Gasteiger partial charge in [0.25, 0.3) is 0 Å². The van der Waals surface area contributed by atoms with Gasteiger partial charge in [-0.25, -0.2) is 4.79 Å². The topological polar surface area (TPSA) is 38.8 Å². The number of rotatable bonds is 4. The fourth-order valence-electron chi connectivity index (χ4n) is 1.27. The Bertz CT molecular complexity index is 205. The number of hydrogen-bond donors (Lipinski definition) is 0. The van der Waals surface area contributed by atoms with Crippen LogP contribution in [0, 0.1) is 0 Å². The van der Waals surface area contributed by atoms with Crippen LogP contribution in [0.5, 0.6) is 0 Å². The molecule has 0 aromatic heterocycles. The molecule has 14 heavy (non-hydrogen) atoms. The highest BCUT2D eigenvalue weighted by atomic mass is 33.2. The van der Waals surface area contributed by atoms with E-state index in [0.29, 0.717) is 6.61 Å². The van der Waals surface area contributed by atoms with Crippen molar-refractivity contribution in [2.45, 2.75) is 4.58 Å². The first-order valence-corrected chi connectivity index (χ1v) is 6.93. The average Bonchev–Trinajstić information content (AvgIpc) is 3.02. The quantitative estimate of drug-likeness (QED) is 0.403. The molecule has 2 aliphatic rings. The minimum absolute atomic E-state index is 0.0553. The fraction of sp³-hybridized carbons (Fsp3) is 0.875. The van der Waals surface area contributed by atoms with Gasteiger partial charge in [0.05, 0.1) is 13.2 Å². The molecule has 0 N–H and O–H groups in total. The zero-order valence-electron chi connectivity index (χ0n) is 7.81. The summed E-state index contributed by atoms with van der Waals surface area (Å²) in [5, 5.41) is 0. The molecule has 4 nitrogen and oxygen atoms in total. The lowest BCUT2D eigenvalue weighted by Gasteiger charge is -2.26. The lowest BCUT2D eigenvalue weighted by atomic mass is 10.4. The average molecular weight is 235 g/mol. The molecule has 0 unspecified atom stereocenters. The molecule has 0 atom stereocenters. The SMILES string of the molecule is O=C(OCCN1CCOCC1)C1SS1. The van der Waals surface area contributed by atoms with Gasteiger partial charge >= 0.3 is 5.97 Å². The summed E-state index contributed by atoms with van der Waals surface area (Å²) < 4.78 is 10.4. The van der Waals surface area contributed by atoms with Crippen LogP contribution in [0.2, 0.25) is 0 Å². The maximum absolute atomic E-state index is 11.1. The van der Waals surface area contributed by atoms with E-state index in [2.05, 4.69) is 4.90 Å². The van der Waals surface area contributed by atoms with Gasteiger partial charge in [-0.1, -0.05) is 21.6 Å². The van der Waals surface area contributed by atoms with Crippen LogP contribution >= 0.6 is 21.6 Å². The Morgan fingerprint density at radius 2 is 2.14 bits per heavy atom. The standard InChI is InChI=1S/C8H13NO3S2/c10-7(8-13-14-8)12-6-3-9-1-4-11-5-2-9/h8H,1-6H2. The molecule has 2 aliphatic heterocycles. The maximum Gasteiger partial charge on any atom is 0.331 e. The van der Waals surface area contributed by atoms with E-state index in [-0.39, 0.29) is 10.6 Å². The molecule has 0 spiro atoms. The Kier molecular flexibility index (Phi) is 3.98.